The molecule has 2 rings (SSSR count). The standard InChI is InChI=1S/C10H11N5OS/c1-8(16)11-7-17-10-12-13-14-15(10)9-5-3-2-4-6-9/h2-6H,7H2,1H3,(H,11,16). The van der Waals surface area contributed by atoms with Crippen LogP contribution in [0, 0.1) is 0 Å². The van der Waals surface area contributed by atoms with E-state index in [1.165, 1.54) is 18.7 Å². The average molecular weight is 249 g/mol. The molecule has 0 radical (unpaired) electrons. The fourth-order valence-electron chi connectivity index (χ4n) is 1.20. The van der Waals surface area contributed by atoms with Gasteiger partial charge in [0.05, 0.1) is 11.6 Å². The third-order valence-electron chi connectivity index (χ3n) is 1.96. The number of carbonyl (C=O) groups excluding carboxylic acids is 1. The Morgan fingerprint density at radius 3 is 2.88 bits per heavy atom. The molecule has 1 amide bonds. The van der Waals surface area contributed by atoms with Gasteiger partial charge >= 0.3 is 0 Å². The molecule has 0 spiro atoms. The predicted molar refractivity (Wildman–Crippen MR) is 63.7 cm³/mol. The number of para-hydroxylation sites is 1. The summed E-state index contributed by atoms with van der Waals surface area (Å²) < 4.78 is 1.63. The van der Waals surface area contributed by atoms with Gasteiger partial charge < -0.3 is 5.32 Å². The fourth-order valence-corrected chi connectivity index (χ4v) is 1.97. The highest BCUT2D eigenvalue weighted by molar-refractivity contribution is 7.99. The van der Waals surface area contributed by atoms with E-state index in [4.69, 9.17) is 0 Å². The van der Waals surface area contributed by atoms with Crippen molar-refractivity contribution in [3.63, 3.8) is 0 Å². The molecule has 0 aliphatic carbocycles. The van der Waals surface area contributed by atoms with Gasteiger partial charge in [0.1, 0.15) is 0 Å². The van der Waals surface area contributed by atoms with Crippen LogP contribution in [0.2, 0.25) is 0 Å². The Kier molecular flexibility index (Phi) is 3.71. The maximum atomic E-state index is 10.7. The first-order chi connectivity index (χ1) is 8.27. The zero-order valence-electron chi connectivity index (χ0n) is 9.20. The lowest BCUT2D eigenvalue weighted by molar-refractivity contribution is -0.118. The number of rotatable bonds is 4. The fraction of sp³-hybridized carbons (Fsp3) is 0.200. The van der Waals surface area contributed by atoms with Crippen LogP contribution in [0.4, 0.5) is 0 Å². The van der Waals surface area contributed by atoms with Gasteiger partial charge in [-0.25, -0.2) is 0 Å². The highest BCUT2D eigenvalue weighted by Crippen LogP contribution is 2.16. The molecule has 0 saturated carbocycles. The number of hydrogen-bond acceptors (Lipinski definition) is 5. The van der Waals surface area contributed by atoms with Gasteiger partial charge in [0.15, 0.2) is 0 Å². The maximum absolute atomic E-state index is 10.7. The summed E-state index contributed by atoms with van der Waals surface area (Å²) in [6.07, 6.45) is 0. The van der Waals surface area contributed by atoms with E-state index < -0.39 is 0 Å². The number of amides is 1. The zero-order chi connectivity index (χ0) is 12.1. The first-order valence-corrected chi connectivity index (χ1v) is 5.97. The minimum atomic E-state index is -0.0729. The van der Waals surface area contributed by atoms with E-state index in [1.807, 2.05) is 30.3 Å². The highest BCUT2D eigenvalue weighted by atomic mass is 32.2. The quantitative estimate of drug-likeness (QED) is 0.642. The Morgan fingerprint density at radius 2 is 2.18 bits per heavy atom. The topological polar surface area (TPSA) is 72.7 Å². The molecule has 0 bridgehead atoms. The van der Waals surface area contributed by atoms with Crippen LogP contribution in [0.5, 0.6) is 0 Å². The van der Waals surface area contributed by atoms with E-state index in [0.29, 0.717) is 11.0 Å². The average Bonchev–Trinajstić information content (AvgIpc) is 2.78. The Labute approximate surface area is 102 Å². The van der Waals surface area contributed by atoms with Crippen molar-refractivity contribution in [3.05, 3.63) is 30.3 Å². The third kappa shape index (κ3) is 3.04. The van der Waals surface area contributed by atoms with Crippen LogP contribution in [0.15, 0.2) is 35.5 Å². The Balaban J connectivity index is 2.10. The number of nitrogens with one attached hydrogen (secondary N) is 1. The van der Waals surface area contributed by atoms with E-state index in [1.54, 1.807) is 4.68 Å². The molecule has 0 atom stereocenters. The summed E-state index contributed by atoms with van der Waals surface area (Å²) >= 11 is 1.37. The van der Waals surface area contributed by atoms with Crippen molar-refractivity contribution in [1.82, 2.24) is 25.5 Å². The molecule has 1 N–H and O–H groups in total. The molecule has 0 aliphatic heterocycles. The normalized spacial score (nSPS) is 10.2. The van der Waals surface area contributed by atoms with Crippen molar-refractivity contribution >= 4 is 17.7 Å². The molecule has 0 saturated heterocycles. The van der Waals surface area contributed by atoms with Crippen molar-refractivity contribution in [1.29, 1.82) is 0 Å². The van der Waals surface area contributed by atoms with Crippen molar-refractivity contribution in [2.24, 2.45) is 0 Å². The Morgan fingerprint density at radius 1 is 1.41 bits per heavy atom. The van der Waals surface area contributed by atoms with Gasteiger partial charge in [0.2, 0.25) is 11.1 Å². The molecule has 0 unspecified atom stereocenters. The van der Waals surface area contributed by atoms with Crippen molar-refractivity contribution < 1.29 is 4.79 Å². The molecule has 1 aromatic carbocycles. The lowest BCUT2D eigenvalue weighted by Crippen LogP contribution is -2.19. The number of hydrogen-bond donors (Lipinski definition) is 1. The molecular formula is C10H11N5OS. The van der Waals surface area contributed by atoms with Gasteiger partial charge in [-0.05, 0) is 22.6 Å². The summed E-state index contributed by atoms with van der Waals surface area (Å²) in [5.41, 5.74) is 0.892. The van der Waals surface area contributed by atoms with Crippen LogP contribution >= 0.6 is 11.8 Å². The van der Waals surface area contributed by atoms with Crippen molar-refractivity contribution in [2.45, 2.75) is 12.1 Å². The molecule has 6 nitrogen and oxygen atoms in total. The van der Waals surface area contributed by atoms with E-state index >= 15 is 0 Å². The van der Waals surface area contributed by atoms with Gasteiger partial charge in [-0.3, -0.25) is 4.79 Å². The van der Waals surface area contributed by atoms with Crippen molar-refractivity contribution in [3.8, 4) is 5.69 Å². The van der Waals surface area contributed by atoms with Crippen LogP contribution in [-0.2, 0) is 4.79 Å². The summed E-state index contributed by atoms with van der Waals surface area (Å²) in [4.78, 5) is 10.7. The summed E-state index contributed by atoms with van der Waals surface area (Å²) in [5, 5.41) is 14.8. The molecule has 17 heavy (non-hydrogen) atoms. The first-order valence-electron chi connectivity index (χ1n) is 4.98. The van der Waals surface area contributed by atoms with E-state index in [0.717, 1.165) is 5.69 Å². The minimum absolute atomic E-state index is 0.0729. The molecule has 2 aromatic rings. The van der Waals surface area contributed by atoms with E-state index in [9.17, 15) is 4.79 Å². The first kappa shape index (κ1) is 11.6. The van der Waals surface area contributed by atoms with Crippen LogP contribution in [0.3, 0.4) is 0 Å². The third-order valence-corrected chi connectivity index (χ3v) is 2.77. The van der Waals surface area contributed by atoms with Gasteiger partial charge in [0, 0.05) is 6.92 Å². The molecular weight excluding hydrogens is 238 g/mol. The molecule has 0 fully saturated rings. The molecule has 1 aromatic heterocycles. The summed E-state index contributed by atoms with van der Waals surface area (Å²) in [7, 11) is 0. The van der Waals surface area contributed by atoms with Gasteiger partial charge in [-0.2, -0.15) is 4.68 Å². The number of benzene rings is 1. The lowest BCUT2D eigenvalue weighted by Gasteiger charge is -2.03. The zero-order valence-corrected chi connectivity index (χ0v) is 10.0. The maximum Gasteiger partial charge on any atom is 0.217 e. The smallest absolute Gasteiger partial charge is 0.217 e. The van der Waals surface area contributed by atoms with E-state index in [-0.39, 0.29) is 5.91 Å². The largest absolute Gasteiger partial charge is 0.347 e. The van der Waals surface area contributed by atoms with Crippen LogP contribution in [0.1, 0.15) is 6.92 Å². The number of aromatic nitrogens is 4. The van der Waals surface area contributed by atoms with Crippen molar-refractivity contribution in [2.75, 3.05) is 5.88 Å². The number of carbonyl (C=O) groups is 1. The molecule has 7 heteroatoms. The molecule has 1 heterocycles. The van der Waals surface area contributed by atoms with Gasteiger partial charge in [-0.15, -0.1) is 5.10 Å². The monoisotopic (exact) mass is 249 g/mol. The second-order valence-corrected chi connectivity index (χ2v) is 4.17. The number of thioether (sulfide) groups is 1. The Bertz CT molecular complexity index is 498. The minimum Gasteiger partial charge on any atom is -0.347 e. The lowest BCUT2D eigenvalue weighted by atomic mass is 10.3. The molecule has 0 aliphatic rings. The number of tetrazole rings is 1. The summed E-state index contributed by atoms with van der Waals surface area (Å²) in [6.45, 7) is 1.47. The van der Waals surface area contributed by atoms with Crippen LogP contribution in [-0.4, -0.2) is 32.0 Å². The van der Waals surface area contributed by atoms with E-state index in [2.05, 4.69) is 20.8 Å². The van der Waals surface area contributed by atoms with Crippen LogP contribution in [0.25, 0.3) is 5.69 Å². The summed E-state index contributed by atoms with van der Waals surface area (Å²) in [6, 6.07) is 9.59. The summed E-state index contributed by atoms with van der Waals surface area (Å²) in [5.74, 6) is 0.374. The number of nitrogens with zero attached hydrogens (tertiary/aromatic N) is 4. The van der Waals surface area contributed by atoms with Gasteiger partial charge in [-0.1, -0.05) is 30.0 Å². The predicted octanol–water partition coefficient (Wildman–Crippen LogP) is 0.848. The second kappa shape index (κ2) is 5.44. The Hall–Kier alpha value is -1.89. The second-order valence-electron chi connectivity index (χ2n) is 3.23. The SMILES string of the molecule is CC(=O)NCSc1nnnn1-c1ccccc1. The highest BCUT2D eigenvalue weighted by Gasteiger charge is 2.08. The molecule has 88 valence electrons. The van der Waals surface area contributed by atoms with Gasteiger partial charge in [0.25, 0.3) is 0 Å². The van der Waals surface area contributed by atoms with Crippen LogP contribution < -0.4 is 5.32 Å².